The van der Waals surface area contributed by atoms with Crippen LogP contribution in [-0.4, -0.2) is 72.7 Å². The number of aliphatic carboxylic acids is 4. The van der Waals surface area contributed by atoms with E-state index in [0.29, 0.717) is 37.5 Å². The van der Waals surface area contributed by atoms with E-state index < -0.39 is 23.9 Å². The summed E-state index contributed by atoms with van der Waals surface area (Å²) in [6.07, 6.45) is 6.79. The average Bonchev–Trinajstić information content (AvgIpc) is 3.24. The predicted octanol–water partition coefficient (Wildman–Crippen LogP) is 1.38. The van der Waals surface area contributed by atoms with Gasteiger partial charge in [0.1, 0.15) is 12.4 Å². The van der Waals surface area contributed by atoms with E-state index >= 15 is 0 Å². The van der Waals surface area contributed by atoms with Crippen LogP contribution in [0.2, 0.25) is 0 Å². The van der Waals surface area contributed by atoms with Crippen LogP contribution >= 0.6 is 0 Å². The van der Waals surface area contributed by atoms with E-state index in [1.54, 1.807) is 6.20 Å². The van der Waals surface area contributed by atoms with Gasteiger partial charge in [-0.05, 0) is 12.5 Å². The summed E-state index contributed by atoms with van der Waals surface area (Å²) in [6, 6.07) is 10.0. The molecule has 0 atom stereocenters. The molecule has 194 valence electrons. The number of carbonyl (C=O) groups is 4. The van der Waals surface area contributed by atoms with Crippen molar-refractivity contribution in [1.82, 2.24) is 9.55 Å². The fourth-order valence-corrected chi connectivity index (χ4v) is 2.20. The Hall–Kier alpha value is -4.78. The SMILES string of the molecule is Cc1nccn1CCC(=NOCCN)c1ccccc1.O=C(O)C=CC(=O)O.O=C(O)C=CC(=O)O. The van der Waals surface area contributed by atoms with Gasteiger partial charge in [-0.25, -0.2) is 24.2 Å². The van der Waals surface area contributed by atoms with Crippen molar-refractivity contribution in [3.05, 3.63) is 78.4 Å². The van der Waals surface area contributed by atoms with Crippen LogP contribution < -0.4 is 5.73 Å². The second-order valence-corrected chi connectivity index (χ2v) is 6.46. The van der Waals surface area contributed by atoms with Crippen LogP contribution in [-0.2, 0) is 30.6 Å². The first kappa shape index (κ1) is 31.2. The lowest BCUT2D eigenvalue weighted by Gasteiger charge is -2.08. The van der Waals surface area contributed by atoms with Crippen molar-refractivity contribution in [1.29, 1.82) is 0 Å². The van der Waals surface area contributed by atoms with Gasteiger partial charge in [-0.15, -0.1) is 0 Å². The number of benzene rings is 1. The third kappa shape index (κ3) is 16.8. The van der Waals surface area contributed by atoms with Gasteiger partial charge in [0.15, 0.2) is 0 Å². The molecular formula is C23H28N4O9. The highest BCUT2D eigenvalue weighted by Crippen LogP contribution is 2.08. The number of carboxylic acids is 4. The smallest absolute Gasteiger partial charge is 0.328 e. The Morgan fingerprint density at radius 2 is 1.44 bits per heavy atom. The van der Waals surface area contributed by atoms with E-state index in [2.05, 4.69) is 14.7 Å². The molecule has 36 heavy (non-hydrogen) atoms. The monoisotopic (exact) mass is 504 g/mol. The predicted molar refractivity (Wildman–Crippen MR) is 128 cm³/mol. The van der Waals surface area contributed by atoms with Crippen molar-refractivity contribution in [2.24, 2.45) is 10.9 Å². The molecule has 0 aliphatic carbocycles. The molecule has 0 saturated carbocycles. The molecule has 13 nitrogen and oxygen atoms in total. The molecule has 0 unspecified atom stereocenters. The summed E-state index contributed by atoms with van der Waals surface area (Å²) in [7, 11) is 0. The van der Waals surface area contributed by atoms with Crippen LogP contribution in [0.4, 0.5) is 0 Å². The van der Waals surface area contributed by atoms with Crippen molar-refractivity contribution in [3.8, 4) is 0 Å². The maximum atomic E-state index is 9.55. The number of hydrogen-bond donors (Lipinski definition) is 5. The van der Waals surface area contributed by atoms with Crippen LogP contribution in [0.5, 0.6) is 0 Å². The van der Waals surface area contributed by atoms with Crippen molar-refractivity contribution >= 4 is 29.6 Å². The Bertz CT molecular complexity index is 995. The summed E-state index contributed by atoms with van der Waals surface area (Å²) < 4.78 is 2.10. The summed E-state index contributed by atoms with van der Waals surface area (Å²) in [5, 5.41) is 35.5. The Labute approximate surface area is 206 Å². The van der Waals surface area contributed by atoms with Gasteiger partial charge in [0.25, 0.3) is 0 Å². The second kappa shape index (κ2) is 18.6. The van der Waals surface area contributed by atoms with E-state index in [4.69, 9.17) is 31.0 Å². The zero-order chi connectivity index (χ0) is 27.3. The maximum absolute atomic E-state index is 9.55. The first-order chi connectivity index (χ1) is 17.1. The Morgan fingerprint density at radius 1 is 0.944 bits per heavy atom. The van der Waals surface area contributed by atoms with Crippen LogP contribution in [0, 0.1) is 6.92 Å². The molecule has 13 heteroatoms. The van der Waals surface area contributed by atoms with E-state index in [0.717, 1.165) is 30.1 Å². The fraction of sp³-hybridized carbons (Fsp3) is 0.217. The highest BCUT2D eigenvalue weighted by Gasteiger charge is 2.06. The quantitative estimate of drug-likeness (QED) is 0.127. The second-order valence-electron chi connectivity index (χ2n) is 6.46. The van der Waals surface area contributed by atoms with Gasteiger partial charge in [-0.2, -0.15) is 0 Å². The molecule has 0 bridgehead atoms. The van der Waals surface area contributed by atoms with Gasteiger partial charge in [0.2, 0.25) is 0 Å². The lowest BCUT2D eigenvalue weighted by Crippen LogP contribution is -2.11. The molecule has 2 rings (SSSR count). The average molecular weight is 504 g/mol. The van der Waals surface area contributed by atoms with E-state index in [1.807, 2.05) is 43.5 Å². The minimum Gasteiger partial charge on any atom is -0.478 e. The molecule has 1 heterocycles. The van der Waals surface area contributed by atoms with Gasteiger partial charge in [-0.3, -0.25) is 0 Å². The number of nitrogens with zero attached hydrogens (tertiary/aromatic N) is 3. The lowest BCUT2D eigenvalue weighted by atomic mass is 10.1. The van der Waals surface area contributed by atoms with Crippen LogP contribution in [0.1, 0.15) is 17.8 Å². The molecule has 0 saturated heterocycles. The molecule has 0 spiro atoms. The molecule has 1 aromatic heterocycles. The number of imidazole rings is 1. The molecule has 0 aliphatic heterocycles. The lowest BCUT2D eigenvalue weighted by molar-refractivity contribution is -0.134. The molecule has 1 aromatic carbocycles. The molecule has 6 N–H and O–H groups in total. The van der Waals surface area contributed by atoms with E-state index in [1.165, 1.54) is 0 Å². The van der Waals surface area contributed by atoms with E-state index in [9.17, 15) is 19.2 Å². The van der Waals surface area contributed by atoms with Crippen molar-refractivity contribution in [3.63, 3.8) is 0 Å². The molecule has 0 fully saturated rings. The molecule has 0 radical (unpaired) electrons. The topological polar surface area (TPSA) is 215 Å². The van der Waals surface area contributed by atoms with Gasteiger partial charge in [0, 0.05) is 56.2 Å². The number of oxime groups is 1. The number of aryl methyl sites for hydroxylation is 2. The number of nitrogens with two attached hydrogens (primary N) is 1. The third-order valence-corrected chi connectivity index (χ3v) is 3.74. The van der Waals surface area contributed by atoms with Gasteiger partial charge < -0.3 is 35.6 Å². The summed E-state index contributed by atoms with van der Waals surface area (Å²) in [5.41, 5.74) is 7.41. The summed E-state index contributed by atoms with van der Waals surface area (Å²) in [4.78, 5) is 47.7. The van der Waals surface area contributed by atoms with Crippen molar-refractivity contribution in [2.45, 2.75) is 19.9 Å². The van der Waals surface area contributed by atoms with Gasteiger partial charge >= 0.3 is 23.9 Å². The summed E-state index contributed by atoms with van der Waals surface area (Å²) in [6.45, 7) is 3.71. The minimum atomic E-state index is -1.26. The first-order valence-corrected chi connectivity index (χ1v) is 10.3. The zero-order valence-corrected chi connectivity index (χ0v) is 19.4. The Balaban J connectivity index is 0.000000634. The maximum Gasteiger partial charge on any atom is 0.328 e. The number of hydrogen-bond acceptors (Lipinski definition) is 8. The largest absolute Gasteiger partial charge is 0.478 e. The number of carboxylic acid groups (broad SMARTS) is 4. The van der Waals surface area contributed by atoms with Crippen LogP contribution in [0.15, 0.2) is 72.2 Å². The molecule has 0 aliphatic rings. The zero-order valence-electron chi connectivity index (χ0n) is 19.4. The number of aromatic nitrogens is 2. The standard InChI is InChI=1S/C15H20N4O.2C4H4O4/c1-13-17-9-11-19(13)10-7-15(18-20-12-8-16)14-5-3-2-4-6-14;2*5-3(6)1-2-4(7)8/h2-6,9,11H,7-8,10,12,16H2,1H3;2*1-2H,(H,5,6)(H,7,8). The first-order valence-electron chi connectivity index (χ1n) is 10.3. The Kier molecular flexibility index (Phi) is 16.2. The van der Waals surface area contributed by atoms with Gasteiger partial charge in [0.05, 0.1) is 5.71 Å². The molecule has 2 aromatic rings. The number of rotatable bonds is 11. The summed E-state index contributed by atoms with van der Waals surface area (Å²) >= 11 is 0. The van der Waals surface area contributed by atoms with Crippen molar-refractivity contribution < 1.29 is 44.4 Å². The normalized spacial score (nSPS) is 10.7. The highest BCUT2D eigenvalue weighted by atomic mass is 16.6. The van der Waals surface area contributed by atoms with E-state index in [-0.39, 0.29) is 0 Å². The fourth-order valence-electron chi connectivity index (χ4n) is 2.20. The molecular weight excluding hydrogens is 476 g/mol. The summed E-state index contributed by atoms with van der Waals surface area (Å²) in [5.74, 6) is -4.03. The van der Waals surface area contributed by atoms with Gasteiger partial charge in [-0.1, -0.05) is 35.5 Å². The minimum absolute atomic E-state index is 0.431. The van der Waals surface area contributed by atoms with Crippen LogP contribution in [0.3, 0.4) is 0 Å². The van der Waals surface area contributed by atoms with Crippen molar-refractivity contribution in [2.75, 3.05) is 13.2 Å². The molecule has 0 amide bonds. The van der Waals surface area contributed by atoms with Crippen LogP contribution in [0.25, 0.3) is 0 Å². The third-order valence-electron chi connectivity index (χ3n) is 3.74. The highest BCUT2D eigenvalue weighted by molar-refractivity contribution is 6.00. The Morgan fingerprint density at radius 3 is 1.83 bits per heavy atom.